The fraction of sp³-hybridized carbons (Fsp3) is 0.364. The van der Waals surface area contributed by atoms with Gasteiger partial charge in [-0.25, -0.2) is 4.98 Å². The number of hydrogen-bond donors (Lipinski definition) is 2. The van der Waals surface area contributed by atoms with Gasteiger partial charge < -0.3 is 15.0 Å². The molecule has 146 valence electrons. The van der Waals surface area contributed by atoms with E-state index in [1.165, 1.54) is 5.56 Å². The van der Waals surface area contributed by atoms with Crippen LogP contribution in [0.3, 0.4) is 0 Å². The number of amides is 1. The number of aromatic hydroxyl groups is 1. The van der Waals surface area contributed by atoms with Gasteiger partial charge in [-0.05, 0) is 55.5 Å². The van der Waals surface area contributed by atoms with E-state index in [1.54, 1.807) is 23.9 Å². The van der Waals surface area contributed by atoms with Crippen molar-refractivity contribution >= 4 is 28.7 Å². The number of piperidine rings is 1. The zero-order chi connectivity index (χ0) is 19.5. The van der Waals surface area contributed by atoms with E-state index in [2.05, 4.69) is 16.9 Å². The summed E-state index contributed by atoms with van der Waals surface area (Å²) in [4.78, 5) is 22.6. The molecule has 1 aromatic heterocycles. The summed E-state index contributed by atoms with van der Waals surface area (Å²) >= 11 is 1.63. The van der Waals surface area contributed by atoms with Gasteiger partial charge in [0.25, 0.3) is 0 Å². The Morgan fingerprint density at radius 2 is 1.93 bits per heavy atom. The second-order valence-electron chi connectivity index (χ2n) is 7.34. The van der Waals surface area contributed by atoms with Crippen LogP contribution in [-0.2, 0) is 4.79 Å². The van der Waals surface area contributed by atoms with Crippen LogP contribution >= 0.6 is 11.8 Å². The lowest BCUT2D eigenvalue weighted by Crippen LogP contribution is -2.39. The van der Waals surface area contributed by atoms with Crippen LogP contribution in [0.15, 0.2) is 48.5 Å². The van der Waals surface area contributed by atoms with E-state index in [0.29, 0.717) is 17.4 Å². The van der Waals surface area contributed by atoms with Crippen LogP contribution in [0.5, 0.6) is 5.75 Å². The monoisotopic (exact) mass is 395 g/mol. The summed E-state index contributed by atoms with van der Waals surface area (Å²) in [5.41, 5.74) is 3.25. The van der Waals surface area contributed by atoms with Crippen molar-refractivity contribution in [1.82, 2.24) is 14.9 Å². The third-order valence-corrected chi connectivity index (χ3v) is 6.60. The summed E-state index contributed by atoms with van der Waals surface area (Å²) < 4.78 is 0. The highest BCUT2D eigenvalue weighted by Crippen LogP contribution is 2.31. The molecule has 5 nitrogen and oxygen atoms in total. The molecule has 1 fully saturated rings. The molecule has 0 spiro atoms. The van der Waals surface area contributed by atoms with Crippen molar-refractivity contribution in [3.63, 3.8) is 0 Å². The van der Waals surface area contributed by atoms with Crippen molar-refractivity contribution in [2.45, 2.75) is 30.9 Å². The maximum Gasteiger partial charge on any atom is 0.232 e. The number of thioether (sulfide) groups is 1. The number of imidazole rings is 1. The molecule has 3 aromatic rings. The molecule has 1 unspecified atom stereocenters. The molecule has 1 atom stereocenters. The van der Waals surface area contributed by atoms with E-state index in [1.807, 2.05) is 41.3 Å². The highest BCUT2D eigenvalue weighted by atomic mass is 32.2. The second kappa shape index (κ2) is 8.27. The summed E-state index contributed by atoms with van der Waals surface area (Å²) in [5, 5.41) is 9.58. The van der Waals surface area contributed by atoms with Gasteiger partial charge in [-0.3, -0.25) is 4.79 Å². The Hall–Kier alpha value is -2.47. The van der Waals surface area contributed by atoms with E-state index in [9.17, 15) is 9.90 Å². The van der Waals surface area contributed by atoms with Crippen molar-refractivity contribution in [1.29, 1.82) is 0 Å². The number of aromatic nitrogens is 2. The number of aromatic amines is 1. The first-order valence-corrected chi connectivity index (χ1v) is 10.8. The quantitative estimate of drug-likeness (QED) is 0.669. The van der Waals surface area contributed by atoms with Crippen LogP contribution in [0.25, 0.3) is 11.0 Å². The number of likely N-dealkylation sites (tertiary alicyclic amines) is 1. The van der Waals surface area contributed by atoms with Crippen molar-refractivity contribution in [3.8, 4) is 5.75 Å². The Bertz CT molecular complexity index is 913. The topological polar surface area (TPSA) is 69.2 Å². The summed E-state index contributed by atoms with van der Waals surface area (Å²) in [6, 6.07) is 15.4. The highest BCUT2D eigenvalue weighted by Gasteiger charge is 2.24. The van der Waals surface area contributed by atoms with E-state index < -0.39 is 0 Å². The van der Waals surface area contributed by atoms with Crippen molar-refractivity contribution < 1.29 is 9.90 Å². The Morgan fingerprint density at radius 3 is 2.64 bits per heavy atom. The predicted molar refractivity (Wildman–Crippen MR) is 114 cm³/mol. The maximum absolute atomic E-state index is 12.6. The fourth-order valence-corrected chi connectivity index (χ4v) is 4.58. The normalized spacial score (nSPS) is 16.4. The summed E-state index contributed by atoms with van der Waals surface area (Å²) in [6.45, 7) is 3.68. The number of carbonyl (C=O) groups is 1. The van der Waals surface area contributed by atoms with Crippen LogP contribution in [0.4, 0.5) is 0 Å². The molecule has 2 N–H and O–H groups in total. The number of hydrogen-bond acceptors (Lipinski definition) is 4. The lowest BCUT2D eigenvalue weighted by Gasteiger charge is -2.32. The van der Waals surface area contributed by atoms with Crippen LogP contribution in [-0.4, -0.2) is 44.7 Å². The second-order valence-corrected chi connectivity index (χ2v) is 8.67. The predicted octanol–water partition coefficient (Wildman–Crippen LogP) is 4.47. The molecule has 1 amide bonds. The fourth-order valence-electron chi connectivity index (χ4n) is 3.74. The molecule has 2 heterocycles. The number of nitrogens with zero attached hydrogens (tertiary/aromatic N) is 2. The van der Waals surface area contributed by atoms with Gasteiger partial charge in [0.2, 0.25) is 5.91 Å². The van der Waals surface area contributed by atoms with Crippen LogP contribution in [0.1, 0.15) is 42.3 Å². The van der Waals surface area contributed by atoms with Gasteiger partial charge >= 0.3 is 0 Å². The van der Waals surface area contributed by atoms with Gasteiger partial charge in [0.15, 0.2) is 0 Å². The first-order chi connectivity index (χ1) is 13.6. The zero-order valence-corrected chi connectivity index (χ0v) is 16.8. The van der Waals surface area contributed by atoms with Crippen LogP contribution < -0.4 is 0 Å². The molecule has 28 heavy (non-hydrogen) atoms. The molecule has 0 saturated carbocycles. The maximum atomic E-state index is 12.6. The van der Waals surface area contributed by atoms with Crippen molar-refractivity contribution in [2.75, 3.05) is 18.8 Å². The number of rotatable bonds is 5. The van der Waals surface area contributed by atoms with Gasteiger partial charge in [0.05, 0.1) is 22.0 Å². The Balaban J connectivity index is 1.28. The summed E-state index contributed by atoms with van der Waals surface area (Å²) in [6.07, 6.45) is 1.95. The third-order valence-electron chi connectivity index (χ3n) is 5.46. The minimum atomic E-state index is 0.144. The largest absolute Gasteiger partial charge is 0.508 e. The number of phenols is 1. The van der Waals surface area contributed by atoms with Crippen LogP contribution in [0, 0.1) is 0 Å². The Kier molecular flexibility index (Phi) is 5.57. The van der Waals surface area contributed by atoms with E-state index in [0.717, 1.165) is 42.8 Å². The molecule has 1 saturated heterocycles. The van der Waals surface area contributed by atoms with Crippen molar-refractivity contribution in [3.05, 3.63) is 59.9 Å². The number of carbonyl (C=O) groups excluding carboxylic acids is 1. The molecule has 0 bridgehead atoms. The lowest BCUT2D eigenvalue weighted by molar-refractivity contribution is -0.129. The molecule has 0 aliphatic carbocycles. The molecule has 4 rings (SSSR count). The number of phenolic OH excluding ortho intramolecular Hbond substituents is 1. The number of benzene rings is 2. The van der Waals surface area contributed by atoms with E-state index in [-0.39, 0.29) is 11.2 Å². The third kappa shape index (κ3) is 4.17. The van der Waals surface area contributed by atoms with Crippen LogP contribution in [0.2, 0.25) is 0 Å². The Labute approximate surface area is 169 Å². The number of para-hydroxylation sites is 2. The van der Waals surface area contributed by atoms with Gasteiger partial charge in [-0.2, -0.15) is 0 Å². The molecular formula is C22H25N3O2S. The van der Waals surface area contributed by atoms with Gasteiger partial charge in [0.1, 0.15) is 11.6 Å². The molecule has 2 aromatic carbocycles. The number of fused-ring (bicyclic) bond motifs is 1. The smallest absolute Gasteiger partial charge is 0.232 e. The minimum absolute atomic E-state index is 0.144. The number of H-pyrrole nitrogens is 1. The van der Waals surface area contributed by atoms with E-state index >= 15 is 0 Å². The van der Waals surface area contributed by atoms with Gasteiger partial charge in [-0.1, -0.05) is 24.3 Å². The zero-order valence-electron chi connectivity index (χ0n) is 16.0. The van der Waals surface area contributed by atoms with Gasteiger partial charge in [-0.15, -0.1) is 11.8 Å². The first kappa shape index (κ1) is 18.9. The summed E-state index contributed by atoms with van der Waals surface area (Å²) in [7, 11) is 0. The minimum Gasteiger partial charge on any atom is -0.508 e. The average molecular weight is 396 g/mol. The lowest BCUT2D eigenvalue weighted by atomic mass is 9.89. The Morgan fingerprint density at radius 1 is 1.21 bits per heavy atom. The molecule has 1 aliphatic rings. The molecule has 1 aliphatic heterocycles. The molecule has 0 radical (unpaired) electrons. The average Bonchev–Trinajstić information content (AvgIpc) is 3.17. The number of nitrogens with one attached hydrogen (secondary N) is 1. The standard InChI is InChI=1S/C22H25N3O2S/c1-15(22-23-19-4-2-3-5-20(19)24-22)28-14-21(27)25-12-10-17(11-13-25)16-6-8-18(26)9-7-16/h2-9,15,17,26H,10-14H2,1H3,(H,23,24). The molecule has 6 heteroatoms. The van der Waals surface area contributed by atoms with E-state index in [4.69, 9.17) is 0 Å². The summed E-state index contributed by atoms with van der Waals surface area (Å²) in [5.74, 6) is 2.36. The first-order valence-electron chi connectivity index (χ1n) is 9.73. The SMILES string of the molecule is CC(SCC(=O)N1CCC(c2ccc(O)cc2)CC1)c1nc2ccccc2[nH]1. The highest BCUT2D eigenvalue weighted by molar-refractivity contribution is 8.00. The van der Waals surface area contributed by atoms with Gasteiger partial charge in [0, 0.05) is 13.1 Å². The van der Waals surface area contributed by atoms with Crippen molar-refractivity contribution in [2.24, 2.45) is 0 Å². The molecular weight excluding hydrogens is 370 g/mol.